The van der Waals surface area contributed by atoms with Crippen molar-refractivity contribution in [1.29, 1.82) is 0 Å². The van der Waals surface area contributed by atoms with Gasteiger partial charge < -0.3 is 9.30 Å². The molecule has 1 aliphatic heterocycles. The topological polar surface area (TPSA) is 44.1 Å². The minimum Gasteiger partial charge on any atom is -0.460 e. The number of thioether (sulfide) groups is 1. The molecule has 2 aromatic rings. The van der Waals surface area contributed by atoms with Crippen LogP contribution in [0.1, 0.15) is 13.3 Å². The van der Waals surface area contributed by atoms with Gasteiger partial charge in [-0.15, -0.1) is 0 Å². The van der Waals surface area contributed by atoms with Crippen LogP contribution in [0.2, 0.25) is 0 Å². The Morgan fingerprint density at radius 2 is 2.39 bits per heavy atom. The molecule has 0 radical (unpaired) electrons. The van der Waals surface area contributed by atoms with Crippen LogP contribution in [0.3, 0.4) is 0 Å². The lowest BCUT2D eigenvalue weighted by atomic mass is 10.3. The van der Waals surface area contributed by atoms with Gasteiger partial charge in [-0.25, -0.2) is 4.98 Å². The van der Waals surface area contributed by atoms with Crippen molar-refractivity contribution in [3.63, 3.8) is 0 Å². The molecule has 94 valence electrons. The standard InChI is InChI=1S/C13H14N2O2S/c1-2-12(16)17-9-7-15-11-6-4-3-5-10(11)14-13(15)18-8-9/h3-6,9H,2,7-8H2,1H3. The van der Waals surface area contributed by atoms with Crippen LogP contribution in [0.5, 0.6) is 0 Å². The molecule has 1 unspecified atom stereocenters. The Bertz CT molecular complexity index is 594. The minimum absolute atomic E-state index is 0.0486. The van der Waals surface area contributed by atoms with E-state index in [-0.39, 0.29) is 12.1 Å². The van der Waals surface area contributed by atoms with Gasteiger partial charge in [-0.2, -0.15) is 0 Å². The molecule has 3 rings (SSSR count). The van der Waals surface area contributed by atoms with Crippen molar-refractivity contribution in [3.8, 4) is 0 Å². The lowest BCUT2D eigenvalue weighted by molar-refractivity contribution is -0.148. The number of hydrogen-bond acceptors (Lipinski definition) is 4. The Hall–Kier alpha value is -1.49. The van der Waals surface area contributed by atoms with Crippen molar-refractivity contribution in [3.05, 3.63) is 24.3 Å². The predicted octanol–water partition coefficient (Wildman–Crippen LogP) is 2.46. The van der Waals surface area contributed by atoms with Crippen LogP contribution in [0.4, 0.5) is 0 Å². The zero-order valence-electron chi connectivity index (χ0n) is 10.1. The molecule has 0 aliphatic carbocycles. The summed E-state index contributed by atoms with van der Waals surface area (Å²) in [6.07, 6.45) is 0.381. The van der Waals surface area contributed by atoms with E-state index in [1.165, 1.54) is 0 Å². The molecular weight excluding hydrogens is 248 g/mol. The molecule has 1 atom stereocenters. The molecule has 4 nitrogen and oxygen atoms in total. The number of imidazole rings is 1. The predicted molar refractivity (Wildman–Crippen MR) is 70.6 cm³/mol. The van der Waals surface area contributed by atoms with Crippen molar-refractivity contribution >= 4 is 28.8 Å². The molecule has 1 aromatic heterocycles. The first-order valence-corrected chi connectivity index (χ1v) is 7.04. The van der Waals surface area contributed by atoms with Crippen LogP contribution in [0.15, 0.2) is 29.4 Å². The molecule has 2 heterocycles. The lowest BCUT2D eigenvalue weighted by Gasteiger charge is -2.23. The number of para-hydroxylation sites is 2. The number of nitrogens with zero attached hydrogens (tertiary/aromatic N) is 2. The normalized spacial score (nSPS) is 18.6. The van der Waals surface area contributed by atoms with E-state index < -0.39 is 0 Å². The largest absolute Gasteiger partial charge is 0.460 e. The van der Waals surface area contributed by atoms with Gasteiger partial charge in [-0.05, 0) is 12.1 Å². The number of carbonyl (C=O) groups is 1. The molecule has 0 saturated carbocycles. The molecule has 5 heteroatoms. The summed E-state index contributed by atoms with van der Waals surface area (Å²) in [4.78, 5) is 15.9. The summed E-state index contributed by atoms with van der Waals surface area (Å²) in [5.41, 5.74) is 2.11. The molecule has 0 bridgehead atoms. The number of esters is 1. The van der Waals surface area contributed by atoms with Gasteiger partial charge in [-0.1, -0.05) is 30.8 Å². The highest BCUT2D eigenvalue weighted by Crippen LogP contribution is 2.30. The monoisotopic (exact) mass is 262 g/mol. The maximum atomic E-state index is 11.3. The van der Waals surface area contributed by atoms with Gasteiger partial charge >= 0.3 is 5.97 Å². The zero-order chi connectivity index (χ0) is 12.5. The molecular formula is C13H14N2O2S. The van der Waals surface area contributed by atoms with Crippen molar-refractivity contribution in [2.24, 2.45) is 0 Å². The second kappa shape index (κ2) is 4.65. The third-order valence-electron chi connectivity index (χ3n) is 2.99. The highest BCUT2D eigenvalue weighted by Gasteiger charge is 2.24. The summed E-state index contributed by atoms with van der Waals surface area (Å²) in [7, 11) is 0. The van der Waals surface area contributed by atoms with Gasteiger partial charge in [0.15, 0.2) is 5.16 Å². The summed E-state index contributed by atoms with van der Waals surface area (Å²) < 4.78 is 7.54. The number of rotatable bonds is 2. The third kappa shape index (κ3) is 1.99. The van der Waals surface area contributed by atoms with E-state index in [0.717, 1.165) is 21.9 Å². The lowest BCUT2D eigenvalue weighted by Crippen LogP contribution is -2.29. The van der Waals surface area contributed by atoms with E-state index in [1.807, 2.05) is 25.1 Å². The van der Waals surface area contributed by atoms with Gasteiger partial charge in [0, 0.05) is 12.2 Å². The number of carbonyl (C=O) groups excluding carboxylic acids is 1. The molecule has 1 aromatic carbocycles. The number of hydrogen-bond donors (Lipinski definition) is 0. The maximum Gasteiger partial charge on any atom is 0.305 e. The zero-order valence-corrected chi connectivity index (χ0v) is 10.9. The van der Waals surface area contributed by atoms with E-state index >= 15 is 0 Å². The third-order valence-corrected chi connectivity index (χ3v) is 4.10. The Kier molecular flexibility index (Phi) is 2.99. The fourth-order valence-corrected chi connectivity index (χ4v) is 3.10. The van der Waals surface area contributed by atoms with Crippen molar-refractivity contribution in [1.82, 2.24) is 9.55 Å². The number of aromatic nitrogens is 2. The maximum absolute atomic E-state index is 11.3. The van der Waals surface area contributed by atoms with E-state index in [1.54, 1.807) is 11.8 Å². The summed E-state index contributed by atoms with van der Waals surface area (Å²) in [5.74, 6) is 0.656. The Morgan fingerprint density at radius 3 is 3.22 bits per heavy atom. The highest BCUT2D eigenvalue weighted by molar-refractivity contribution is 7.99. The van der Waals surface area contributed by atoms with Gasteiger partial charge in [0.05, 0.1) is 17.6 Å². The first-order chi connectivity index (χ1) is 8.78. The summed E-state index contributed by atoms with van der Waals surface area (Å²) in [5, 5.41) is 1.01. The average Bonchev–Trinajstić information content (AvgIpc) is 2.77. The number of ether oxygens (including phenoxy) is 1. The Balaban J connectivity index is 1.89. The second-order valence-corrected chi connectivity index (χ2v) is 5.26. The Labute approximate surface area is 109 Å². The molecule has 0 fully saturated rings. The van der Waals surface area contributed by atoms with Crippen molar-refractivity contribution in [2.45, 2.75) is 31.1 Å². The van der Waals surface area contributed by atoms with Crippen LogP contribution < -0.4 is 0 Å². The quantitative estimate of drug-likeness (QED) is 0.780. The smallest absolute Gasteiger partial charge is 0.305 e. The SMILES string of the molecule is CCC(=O)OC1CSc2nc3ccccc3n2C1. The summed E-state index contributed by atoms with van der Waals surface area (Å²) in [6.45, 7) is 2.52. The summed E-state index contributed by atoms with van der Waals surface area (Å²) >= 11 is 1.65. The first kappa shape index (κ1) is 11.6. The minimum atomic E-state index is -0.131. The van der Waals surface area contributed by atoms with Gasteiger partial charge in [0.25, 0.3) is 0 Å². The molecule has 0 saturated heterocycles. The summed E-state index contributed by atoms with van der Waals surface area (Å²) in [6, 6.07) is 8.05. The number of benzene rings is 1. The van der Waals surface area contributed by atoms with E-state index in [0.29, 0.717) is 13.0 Å². The molecule has 1 aliphatic rings. The van der Waals surface area contributed by atoms with Gasteiger partial charge in [0.1, 0.15) is 6.10 Å². The molecule has 0 spiro atoms. The number of fused-ring (bicyclic) bond motifs is 3. The average molecular weight is 262 g/mol. The van der Waals surface area contributed by atoms with Crippen LogP contribution in [0.25, 0.3) is 11.0 Å². The van der Waals surface area contributed by atoms with Crippen molar-refractivity contribution in [2.75, 3.05) is 5.75 Å². The van der Waals surface area contributed by atoms with Crippen LogP contribution in [0, 0.1) is 0 Å². The fourth-order valence-electron chi connectivity index (χ4n) is 2.10. The molecule has 0 amide bonds. The molecule has 0 N–H and O–H groups in total. The first-order valence-electron chi connectivity index (χ1n) is 6.05. The Morgan fingerprint density at radius 1 is 1.56 bits per heavy atom. The van der Waals surface area contributed by atoms with Crippen molar-refractivity contribution < 1.29 is 9.53 Å². The van der Waals surface area contributed by atoms with E-state index in [4.69, 9.17) is 4.74 Å². The van der Waals surface area contributed by atoms with E-state index in [9.17, 15) is 4.79 Å². The van der Waals surface area contributed by atoms with Gasteiger partial charge in [0.2, 0.25) is 0 Å². The van der Waals surface area contributed by atoms with Crippen LogP contribution >= 0.6 is 11.8 Å². The van der Waals surface area contributed by atoms with E-state index in [2.05, 4.69) is 15.6 Å². The molecule has 18 heavy (non-hydrogen) atoms. The van der Waals surface area contributed by atoms with Crippen LogP contribution in [-0.4, -0.2) is 27.4 Å². The highest BCUT2D eigenvalue weighted by atomic mass is 32.2. The fraction of sp³-hybridized carbons (Fsp3) is 0.385. The van der Waals surface area contributed by atoms with Gasteiger partial charge in [-0.3, -0.25) is 4.79 Å². The second-order valence-electron chi connectivity index (χ2n) is 4.27. The van der Waals surface area contributed by atoms with Crippen LogP contribution in [-0.2, 0) is 16.1 Å².